The Kier molecular flexibility index (Phi) is 5.10. The Morgan fingerprint density at radius 2 is 1.86 bits per heavy atom. The van der Waals surface area contributed by atoms with E-state index in [-0.39, 0.29) is 0 Å². The molecular formula is C13H20S. The van der Waals surface area contributed by atoms with Crippen LogP contribution in [0.25, 0.3) is 0 Å². The second kappa shape index (κ2) is 6.13. The molecule has 1 rings (SSSR count). The maximum Gasteiger partial charge on any atom is 0.00748 e. The van der Waals surface area contributed by atoms with Crippen LogP contribution < -0.4 is 0 Å². The van der Waals surface area contributed by atoms with Crippen molar-refractivity contribution in [3.05, 3.63) is 29.8 Å². The lowest BCUT2D eigenvalue weighted by atomic mass is 10.2. The van der Waals surface area contributed by atoms with Crippen molar-refractivity contribution in [1.29, 1.82) is 0 Å². The normalized spacial score (nSPS) is 12.8. The lowest BCUT2D eigenvalue weighted by Gasteiger charge is -2.10. The topological polar surface area (TPSA) is 0 Å². The highest BCUT2D eigenvalue weighted by Gasteiger charge is 2.02. The van der Waals surface area contributed by atoms with Crippen molar-refractivity contribution < 1.29 is 0 Å². The van der Waals surface area contributed by atoms with Crippen molar-refractivity contribution >= 4 is 11.8 Å². The quantitative estimate of drug-likeness (QED) is 0.634. The van der Waals surface area contributed by atoms with Gasteiger partial charge in [0.15, 0.2) is 0 Å². The fraction of sp³-hybridized carbons (Fsp3) is 0.538. The fourth-order valence-corrected chi connectivity index (χ4v) is 2.44. The molecule has 0 amide bonds. The molecule has 0 fully saturated rings. The SMILES string of the molecule is CCCCC(C)Sc1ccc(C)cc1. The van der Waals surface area contributed by atoms with E-state index in [0.29, 0.717) is 0 Å². The summed E-state index contributed by atoms with van der Waals surface area (Å²) in [6, 6.07) is 8.83. The van der Waals surface area contributed by atoms with Gasteiger partial charge in [-0.15, -0.1) is 11.8 Å². The van der Waals surface area contributed by atoms with Crippen molar-refractivity contribution in [3.63, 3.8) is 0 Å². The minimum atomic E-state index is 0.748. The van der Waals surface area contributed by atoms with Gasteiger partial charge in [-0.1, -0.05) is 44.4 Å². The molecule has 0 bridgehead atoms. The molecule has 1 atom stereocenters. The minimum absolute atomic E-state index is 0.748. The van der Waals surface area contributed by atoms with E-state index in [1.165, 1.54) is 29.7 Å². The van der Waals surface area contributed by atoms with Gasteiger partial charge in [-0.05, 0) is 25.5 Å². The van der Waals surface area contributed by atoms with Crippen molar-refractivity contribution in [2.24, 2.45) is 0 Å². The van der Waals surface area contributed by atoms with E-state index in [0.717, 1.165) is 5.25 Å². The van der Waals surface area contributed by atoms with Gasteiger partial charge in [0, 0.05) is 10.1 Å². The largest absolute Gasteiger partial charge is 0.123 e. The van der Waals surface area contributed by atoms with E-state index in [4.69, 9.17) is 0 Å². The zero-order valence-corrected chi connectivity index (χ0v) is 10.2. The monoisotopic (exact) mass is 208 g/mol. The molecule has 0 heterocycles. The summed E-state index contributed by atoms with van der Waals surface area (Å²) in [6.45, 7) is 6.71. The number of unbranched alkanes of at least 4 members (excludes halogenated alkanes) is 1. The Balaban J connectivity index is 2.39. The molecule has 0 N–H and O–H groups in total. The zero-order chi connectivity index (χ0) is 10.4. The maximum absolute atomic E-state index is 2.32. The van der Waals surface area contributed by atoms with Gasteiger partial charge < -0.3 is 0 Å². The van der Waals surface area contributed by atoms with Crippen LogP contribution in [0.1, 0.15) is 38.7 Å². The highest BCUT2D eigenvalue weighted by atomic mass is 32.2. The number of benzene rings is 1. The smallest absolute Gasteiger partial charge is 0.00748 e. The Labute approximate surface area is 92.1 Å². The Bertz CT molecular complexity index is 250. The van der Waals surface area contributed by atoms with Crippen molar-refractivity contribution in [2.45, 2.75) is 50.2 Å². The van der Waals surface area contributed by atoms with E-state index < -0.39 is 0 Å². The number of hydrogen-bond donors (Lipinski definition) is 0. The van der Waals surface area contributed by atoms with Gasteiger partial charge in [-0.25, -0.2) is 0 Å². The summed E-state index contributed by atoms with van der Waals surface area (Å²) in [6.07, 6.45) is 3.98. The van der Waals surface area contributed by atoms with Crippen molar-refractivity contribution in [1.82, 2.24) is 0 Å². The van der Waals surface area contributed by atoms with Crippen LogP contribution >= 0.6 is 11.8 Å². The summed E-state index contributed by atoms with van der Waals surface area (Å²) in [5, 5.41) is 0.748. The molecule has 0 aliphatic rings. The third-order valence-electron chi connectivity index (χ3n) is 2.32. The Morgan fingerprint density at radius 1 is 1.21 bits per heavy atom. The molecule has 0 saturated heterocycles. The molecule has 0 nitrogen and oxygen atoms in total. The van der Waals surface area contributed by atoms with E-state index in [1.54, 1.807) is 0 Å². The summed E-state index contributed by atoms with van der Waals surface area (Å²) in [4.78, 5) is 1.40. The van der Waals surface area contributed by atoms with E-state index in [2.05, 4.69) is 45.0 Å². The highest BCUT2D eigenvalue weighted by molar-refractivity contribution is 7.99. The highest BCUT2D eigenvalue weighted by Crippen LogP contribution is 2.26. The van der Waals surface area contributed by atoms with Gasteiger partial charge in [0.1, 0.15) is 0 Å². The molecule has 0 saturated carbocycles. The molecule has 1 heteroatoms. The third-order valence-corrected chi connectivity index (χ3v) is 3.50. The van der Waals surface area contributed by atoms with Gasteiger partial charge in [-0.2, -0.15) is 0 Å². The predicted octanol–water partition coefficient (Wildman–Crippen LogP) is 4.67. The first kappa shape index (κ1) is 11.6. The molecule has 0 radical (unpaired) electrons. The molecule has 0 aromatic heterocycles. The molecular weight excluding hydrogens is 188 g/mol. The summed E-state index contributed by atoms with van der Waals surface area (Å²) in [7, 11) is 0. The second-order valence-electron chi connectivity index (χ2n) is 3.88. The van der Waals surface area contributed by atoms with Crippen LogP contribution in [0, 0.1) is 6.92 Å². The maximum atomic E-state index is 2.32. The summed E-state index contributed by atoms with van der Waals surface area (Å²) in [5.74, 6) is 0. The average Bonchev–Trinajstić information content (AvgIpc) is 2.18. The van der Waals surface area contributed by atoms with E-state index in [9.17, 15) is 0 Å². The average molecular weight is 208 g/mol. The summed E-state index contributed by atoms with van der Waals surface area (Å²) < 4.78 is 0. The number of thioether (sulfide) groups is 1. The first-order valence-corrected chi connectivity index (χ1v) is 6.33. The van der Waals surface area contributed by atoms with Crippen molar-refractivity contribution in [3.8, 4) is 0 Å². The van der Waals surface area contributed by atoms with Crippen LogP contribution in [0.4, 0.5) is 0 Å². The standard InChI is InChI=1S/C13H20S/c1-4-5-6-12(3)14-13-9-7-11(2)8-10-13/h7-10,12H,4-6H2,1-3H3. The van der Waals surface area contributed by atoms with Gasteiger partial charge in [0.2, 0.25) is 0 Å². The number of hydrogen-bond acceptors (Lipinski definition) is 1. The zero-order valence-electron chi connectivity index (χ0n) is 9.42. The Morgan fingerprint density at radius 3 is 2.43 bits per heavy atom. The lowest BCUT2D eigenvalue weighted by Crippen LogP contribution is -1.94. The molecule has 78 valence electrons. The van der Waals surface area contributed by atoms with Crippen LogP contribution in [0.2, 0.25) is 0 Å². The first-order chi connectivity index (χ1) is 6.72. The third kappa shape index (κ3) is 4.19. The van der Waals surface area contributed by atoms with Crippen molar-refractivity contribution in [2.75, 3.05) is 0 Å². The minimum Gasteiger partial charge on any atom is -0.123 e. The molecule has 0 spiro atoms. The summed E-state index contributed by atoms with van der Waals surface area (Å²) >= 11 is 1.99. The van der Waals surface area contributed by atoms with Gasteiger partial charge in [-0.3, -0.25) is 0 Å². The van der Waals surface area contributed by atoms with Crippen LogP contribution in [-0.2, 0) is 0 Å². The molecule has 0 aliphatic carbocycles. The molecule has 1 aromatic carbocycles. The molecule has 1 unspecified atom stereocenters. The van der Waals surface area contributed by atoms with Crippen LogP contribution in [0.3, 0.4) is 0 Å². The van der Waals surface area contributed by atoms with Gasteiger partial charge in [0.05, 0.1) is 0 Å². The summed E-state index contributed by atoms with van der Waals surface area (Å²) in [5.41, 5.74) is 1.34. The fourth-order valence-electron chi connectivity index (χ4n) is 1.40. The van der Waals surface area contributed by atoms with E-state index in [1.807, 2.05) is 11.8 Å². The lowest BCUT2D eigenvalue weighted by molar-refractivity contribution is 0.713. The molecule has 14 heavy (non-hydrogen) atoms. The first-order valence-electron chi connectivity index (χ1n) is 5.45. The van der Waals surface area contributed by atoms with Gasteiger partial charge >= 0.3 is 0 Å². The predicted molar refractivity (Wildman–Crippen MR) is 66.0 cm³/mol. The second-order valence-corrected chi connectivity index (χ2v) is 5.40. The van der Waals surface area contributed by atoms with Crippen LogP contribution in [0.15, 0.2) is 29.2 Å². The molecule has 0 aliphatic heterocycles. The van der Waals surface area contributed by atoms with E-state index >= 15 is 0 Å². The van der Waals surface area contributed by atoms with Gasteiger partial charge in [0.25, 0.3) is 0 Å². The van der Waals surface area contributed by atoms with Crippen LogP contribution in [-0.4, -0.2) is 5.25 Å². The van der Waals surface area contributed by atoms with Crippen LogP contribution in [0.5, 0.6) is 0 Å². The number of aryl methyl sites for hydroxylation is 1. The number of rotatable bonds is 5. The Hall–Kier alpha value is -0.430. The molecule has 1 aromatic rings.